The van der Waals surface area contributed by atoms with Gasteiger partial charge in [-0.15, -0.1) is 0 Å². The first-order valence-electron chi connectivity index (χ1n) is 7.17. The molecule has 0 aromatic heterocycles. The summed E-state index contributed by atoms with van der Waals surface area (Å²) in [5.74, 6) is -0.716. The molecular weight excluding hydrogens is 322 g/mol. The van der Waals surface area contributed by atoms with Crippen molar-refractivity contribution in [1.29, 1.82) is 0 Å². The maximum Gasteiger partial charge on any atom is 0.335 e. The summed E-state index contributed by atoms with van der Waals surface area (Å²) in [5.41, 5.74) is 5.94. The lowest BCUT2D eigenvalue weighted by molar-refractivity contribution is -0.162. The minimum absolute atomic E-state index is 0.171. The third kappa shape index (κ3) is 4.24. The number of carbonyl (C=O) groups is 2. The number of ether oxygens (including phenoxy) is 3. The number of benzene rings is 1. The van der Waals surface area contributed by atoms with Gasteiger partial charge in [-0.05, 0) is 19.0 Å². The Hall–Kier alpha value is -2.05. The Morgan fingerprint density at radius 2 is 2.17 bits per heavy atom. The zero-order valence-electron chi connectivity index (χ0n) is 12.7. The number of nitrogens with two attached hydrogens (primary N) is 1. The lowest BCUT2D eigenvalue weighted by Gasteiger charge is -2.25. The molecule has 0 amide bonds. The highest BCUT2D eigenvalue weighted by Crippen LogP contribution is 2.35. The minimum Gasteiger partial charge on any atom is -0.497 e. The largest absolute Gasteiger partial charge is 0.497 e. The number of esters is 2. The SMILES string of the molecule is COC1=CC(=O)OC1C(OC(=O)CCCN)c1ccccc1Cl. The molecule has 0 saturated carbocycles. The van der Waals surface area contributed by atoms with Gasteiger partial charge < -0.3 is 19.9 Å². The average Bonchev–Trinajstić information content (AvgIpc) is 2.92. The first-order chi connectivity index (χ1) is 11.1. The van der Waals surface area contributed by atoms with Crippen LogP contribution < -0.4 is 5.73 Å². The predicted molar refractivity (Wildman–Crippen MR) is 83.5 cm³/mol. The fourth-order valence-electron chi connectivity index (χ4n) is 2.24. The molecule has 124 valence electrons. The molecule has 2 rings (SSSR count). The van der Waals surface area contributed by atoms with E-state index in [0.717, 1.165) is 0 Å². The highest BCUT2D eigenvalue weighted by molar-refractivity contribution is 6.31. The van der Waals surface area contributed by atoms with Gasteiger partial charge in [0.05, 0.1) is 13.2 Å². The van der Waals surface area contributed by atoms with Crippen LogP contribution in [0, 0.1) is 0 Å². The highest BCUT2D eigenvalue weighted by atomic mass is 35.5. The second-order valence-electron chi connectivity index (χ2n) is 4.93. The van der Waals surface area contributed by atoms with Gasteiger partial charge in [0.15, 0.2) is 12.2 Å². The van der Waals surface area contributed by atoms with E-state index in [1.54, 1.807) is 24.3 Å². The maximum absolute atomic E-state index is 12.0. The molecule has 0 aliphatic carbocycles. The number of halogens is 1. The average molecular weight is 340 g/mol. The molecular formula is C16H18ClNO5. The molecule has 2 N–H and O–H groups in total. The molecule has 1 heterocycles. The molecule has 0 bridgehead atoms. The third-order valence-corrected chi connectivity index (χ3v) is 3.69. The second-order valence-corrected chi connectivity index (χ2v) is 5.34. The topological polar surface area (TPSA) is 87.9 Å². The van der Waals surface area contributed by atoms with Crippen LogP contribution in [0.15, 0.2) is 36.1 Å². The number of hydrogen-bond acceptors (Lipinski definition) is 6. The molecule has 2 atom stereocenters. The van der Waals surface area contributed by atoms with Gasteiger partial charge in [0.2, 0.25) is 0 Å². The molecule has 1 aliphatic heterocycles. The summed E-state index contributed by atoms with van der Waals surface area (Å²) in [6.45, 7) is 0.382. The molecule has 23 heavy (non-hydrogen) atoms. The summed E-state index contributed by atoms with van der Waals surface area (Å²) in [4.78, 5) is 23.5. The Kier molecular flexibility index (Phi) is 6.01. The van der Waals surface area contributed by atoms with E-state index in [2.05, 4.69) is 0 Å². The lowest BCUT2D eigenvalue weighted by atomic mass is 10.0. The van der Waals surface area contributed by atoms with E-state index in [-0.39, 0.29) is 12.2 Å². The van der Waals surface area contributed by atoms with Gasteiger partial charge in [-0.1, -0.05) is 29.8 Å². The molecule has 7 heteroatoms. The Morgan fingerprint density at radius 3 is 2.83 bits per heavy atom. The number of rotatable bonds is 7. The van der Waals surface area contributed by atoms with Crippen molar-refractivity contribution in [3.63, 3.8) is 0 Å². The smallest absolute Gasteiger partial charge is 0.335 e. The highest BCUT2D eigenvalue weighted by Gasteiger charge is 2.39. The molecule has 0 radical (unpaired) electrons. The van der Waals surface area contributed by atoms with Crippen LogP contribution in [-0.4, -0.2) is 31.7 Å². The van der Waals surface area contributed by atoms with E-state index in [4.69, 9.17) is 31.5 Å². The molecule has 0 fully saturated rings. The van der Waals surface area contributed by atoms with Crippen LogP contribution in [0.5, 0.6) is 0 Å². The van der Waals surface area contributed by atoms with Gasteiger partial charge in [-0.3, -0.25) is 4.79 Å². The Morgan fingerprint density at radius 1 is 1.43 bits per heavy atom. The van der Waals surface area contributed by atoms with E-state index in [1.807, 2.05) is 0 Å². The Bertz CT molecular complexity index is 616. The molecule has 1 aromatic carbocycles. The molecule has 1 aromatic rings. The van der Waals surface area contributed by atoms with Crippen LogP contribution in [0.1, 0.15) is 24.5 Å². The fourth-order valence-corrected chi connectivity index (χ4v) is 2.49. The van der Waals surface area contributed by atoms with Crippen molar-refractivity contribution in [2.75, 3.05) is 13.7 Å². The maximum atomic E-state index is 12.0. The fraction of sp³-hybridized carbons (Fsp3) is 0.375. The number of cyclic esters (lactones) is 1. The lowest BCUT2D eigenvalue weighted by Crippen LogP contribution is -2.27. The van der Waals surface area contributed by atoms with Crippen LogP contribution >= 0.6 is 11.6 Å². The van der Waals surface area contributed by atoms with Gasteiger partial charge in [0.1, 0.15) is 5.76 Å². The van der Waals surface area contributed by atoms with E-state index < -0.39 is 24.1 Å². The van der Waals surface area contributed by atoms with E-state index in [1.165, 1.54) is 13.2 Å². The van der Waals surface area contributed by atoms with Crippen molar-refractivity contribution in [2.24, 2.45) is 5.73 Å². The Labute approximate surface area is 139 Å². The summed E-state index contributed by atoms with van der Waals surface area (Å²) in [6, 6.07) is 6.90. The normalized spacial score (nSPS) is 18.1. The zero-order valence-corrected chi connectivity index (χ0v) is 13.4. The van der Waals surface area contributed by atoms with Crippen molar-refractivity contribution in [3.05, 3.63) is 46.7 Å². The van der Waals surface area contributed by atoms with Crippen molar-refractivity contribution in [2.45, 2.75) is 25.0 Å². The second kappa shape index (κ2) is 7.99. The van der Waals surface area contributed by atoms with Crippen LogP contribution in [0.4, 0.5) is 0 Å². The van der Waals surface area contributed by atoms with Crippen molar-refractivity contribution >= 4 is 23.5 Å². The van der Waals surface area contributed by atoms with Gasteiger partial charge in [-0.25, -0.2) is 4.79 Å². The van der Waals surface area contributed by atoms with Gasteiger partial charge in [0.25, 0.3) is 0 Å². The number of hydrogen-bond donors (Lipinski definition) is 1. The first kappa shape index (κ1) is 17.3. The van der Waals surface area contributed by atoms with E-state index in [9.17, 15) is 9.59 Å². The van der Waals surface area contributed by atoms with E-state index in [0.29, 0.717) is 23.6 Å². The van der Waals surface area contributed by atoms with Crippen LogP contribution in [0.2, 0.25) is 5.02 Å². The molecule has 6 nitrogen and oxygen atoms in total. The van der Waals surface area contributed by atoms with Crippen molar-refractivity contribution in [1.82, 2.24) is 0 Å². The summed E-state index contributed by atoms with van der Waals surface area (Å²) in [5, 5.41) is 0.405. The van der Waals surface area contributed by atoms with E-state index >= 15 is 0 Å². The number of methoxy groups -OCH3 is 1. The quantitative estimate of drug-likeness (QED) is 0.765. The first-order valence-corrected chi connectivity index (χ1v) is 7.54. The number of carbonyl (C=O) groups excluding carboxylic acids is 2. The van der Waals surface area contributed by atoms with Crippen LogP contribution in [-0.2, 0) is 23.8 Å². The molecule has 1 aliphatic rings. The molecule has 0 spiro atoms. The molecule has 0 saturated heterocycles. The van der Waals surface area contributed by atoms with Gasteiger partial charge in [-0.2, -0.15) is 0 Å². The molecule has 2 unspecified atom stereocenters. The van der Waals surface area contributed by atoms with Crippen molar-refractivity contribution < 1.29 is 23.8 Å². The monoisotopic (exact) mass is 339 g/mol. The van der Waals surface area contributed by atoms with Gasteiger partial charge in [0, 0.05) is 17.0 Å². The predicted octanol–water partition coefficient (Wildman–Crippen LogP) is 2.12. The van der Waals surface area contributed by atoms with Crippen molar-refractivity contribution in [3.8, 4) is 0 Å². The van der Waals surface area contributed by atoms with Crippen LogP contribution in [0.25, 0.3) is 0 Å². The standard InChI is InChI=1S/C16H18ClNO5/c1-21-12-9-14(20)23-16(12)15(22-13(19)7-4-8-18)10-5-2-3-6-11(10)17/h2-3,5-6,9,15-16H,4,7-8,18H2,1H3. The summed E-state index contributed by atoms with van der Waals surface area (Å²) < 4.78 is 15.9. The third-order valence-electron chi connectivity index (χ3n) is 3.35. The minimum atomic E-state index is -0.883. The summed E-state index contributed by atoms with van der Waals surface area (Å²) in [6.07, 6.45) is 0.151. The summed E-state index contributed by atoms with van der Waals surface area (Å²) in [7, 11) is 1.42. The zero-order chi connectivity index (χ0) is 16.8. The van der Waals surface area contributed by atoms with Crippen LogP contribution in [0.3, 0.4) is 0 Å². The summed E-state index contributed by atoms with van der Waals surface area (Å²) >= 11 is 6.20. The Balaban J connectivity index is 2.29. The van der Waals surface area contributed by atoms with Gasteiger partial charge >= 0.3 is 11.9 Å².